The van der Waals surface area contributed by atoms with Crippen LogP contribution in [0.1, 0.15) is 13.3 Å². The molecule has 88 valence electrons. The van der Waals surface area contributed by atoms with Crippen molar-refractivity contribution in [2.24, 2.45) is 0 Å². The number of hydrogen-bond acceptors (Lipinski definition) is 1. The minimum Gasteiger partial charge on any atom is -0.338 e. The fourth-order valence-corrected chi connectivity index (χ4v) is 1.06. The summed E-state index contributed by atoms with van der Waals surface area (Å²) in [6.45, 7) is 2.22. The second-order valence-electron chi connectivity index (χ2n) is 3.13. The molecule has 2 N–H and O–H groups in total. The van der Waals surface area contributed by atoms with Crippen molar-refractivity contribution in [3.63, 3.8) is 0 Å². The van der Waals surface area contributed by atoms with E-state index in [2.05, 4.69) is 5.32 Å². The molecule has 0 saturated heterocycles. The molecule has 1 aromatic carbocycles. The third-order valence-corrected chi connectivity index (χ3v) is 1.78. The van der Waals surface area contributed by atoms with Gasteiger partial charge in [-0.1, -0.05) is 6.92 Å². The van der Waals surface area contributed by atoms with E-state index in [1.807, 2.05) is 12.2 Å². The van der Waals surface area contributed by atoms with Gasteiger partial charge in [0.2, 0.25) is 0 Å². The van der Waals surface area contributed by atoms with Gasteiger partial charge in [0, 0.05) is 18.7 Å². The number of carbonyl (C=O) groups excluding carboxylic acids is 1. The molecule has 0 fully saturated rings. The smallest absolute Gasteiger partial charge is 0.319 e. The highest BCUT2D eigenvalue weighted by Crippen LogP contribution is 2.19. The van der Waals surface area contributed by atoms with Crippen LogP contribution in [0.5, 0.6) is 0 Å². The zero-order valence-corrected chi connectivity index (χ0v) is 8.61. The molecule has 16 heavy (non-hydrogen) atoms. The van der Waals surface area contributed by atoms with E-state index in [9.17, 15) is 18.0 Å². The first kappa shape index (κ1) is 12.4. The minimum atomic E-state index is -1.15. The van der Waals surface area contributed by atoms with Crippen molar-refractivity contribution in [1.82, 2.24) is 5.32 Å². The first-order valence-electron chi connectivity index (χ1n) is 4.74. The highest BCUT2D eigenvalue weighted by atomic mass is 19.1. The molecule has 0 radical (unpaired) electrons. The van der Waals surface area contributed by atoms with E-state index >= 15 is 0 Å². The van der Waals surface area contributed by atoms with E-state index < -0.39 is 29.2 Å². The molecule has 6 heteroatoms. The Morgan fingerprint density at radius 3 is 2.31 bits per heavy atom. The van der Waals surface area contributed by atoms with Crippen LogP contribution in [-0.2, 0) is 0 Å². The van der Waals surface area contributed by atoms with Gasteiger partial charge in [0.1, 0.15) is 11.5 Å². The normalized spacial score (nSPS) is 10.0. The highest BCUT2D eigenvalue weighted by Gasteiger charge is 2.13. The molecule has 1 rings (SSSR count). The van der Waals surface area contributed by atoms with Gasteiger partial charge in [-0.2, -0.15) is 0 Å². The molecule has 0 aliphatic carbocycles. The minimum absolute atomic E-state index is 0.385. The summed E-state index contributed by atoms with van der Waals surface area (Å²) in [6.07, 6.45) is 0.696. The molecule has 0 spiro atoms. The van der Waals surface area contributed by atoms with Crippen LogP contribution in [0.4, 0.5) is 23.7 Å². The molecule has 0 unspecified atom stereocenters. The number of amides is 2. The van der Waals surface area contributed by atoms with Crippen LogP contribution in [0.25, 0.3) is 0 Å². The van der Waals surface area contributed by atoms with Crippen molar-refractivity contribution >= 4 is 11.7 Å². The molecular formula is C10H11F3N2O. The van der Waals surface area contributed by atoms with Gasteiger partial charge in [0.15, 0.2) is 11.6 Å². The summed E-state index contributed by atoms with van der Waals surface area (Å²) in [4.78, 5) is 11.1. The van der Waals surface area contributed by atoms with Gasteiger partial charge in [0.25, 0.3) is 0 Å². The molecule has 2 amide bonds. The Balaban J connectivity index is 2.77. The van der Waals surface area contributed by atoms with E-state index in [1.165, 1.54) is 0 Å². The summed E-state index contributed by atoms with van der Waals surface area (Å²) in [5.74, 6) is -3.33. The SMILES string of the molecule is CCCNC(=O)Nc1c(F)cc(F)cc1F. The fourth-order valence-electron chi connectivity index (χ4n) is 1.06. The second kappa shape index (κ2) is 5.39. The Bertz CT molecular complexity index is 373. The molecule has 0 heterocycles. The number of carbonyl (C=O) groups is 1. The van der Waals surface area contributed by atoms with Gasteiger partial charge in [-0.15, -0.1) is 0 Å². The molecule has 0 aliphatic heterocycles. The van der Waals surface area contributed by atoms with Crippen LogP contribution in [0.15, 0.2) is 12.1 Å². The van der Waals surface area contributed by atoms with E-state index in [4.69, 9.17) is 0 Å². The second-order valence-corrected chi connectivity index (χ2v) is 3.13. The number of urea groups is 1. The van der Waals surface area contributed by atoms with Gasteiger partial charge in [-0.05, 0) is 6.42 Å². The largest absolute Gasteiger partial charge is 0.338 e. The van der Waals surface area contributed by atoms with Crippen molar-refractivity contribution < 1.29 is 18.0 Å². The highest BCUT2D eigenvalue weighted by molar-refractivity contribution is 5.89. The zero-order valence-electron chi connectivity index (χ0n) is 8.61. The number of rotatable bonds is 3. The molecule has 0 atom stereocenters. The summed E-state index contributed by atoms with van der Waals surface area (Å²) in [6, 6.07) is 0.267. The molecular weight excluding hydrogens is 221 g/mol. The summed E-state index contributed by atoms with van der Waals surface area (Å²) in [5, 5.41) is 4.35. The third-order valence-electron chi connectivity index (χ3n) is 1.78. The van der Waals surface area contributed by atoms with Crippen LogP contribution in [0.3, 0.4) is 0 Å². The lowest BCUT2D eigenvalue weighted by molar-refractivity contribution is 0.252. The summed E-state index contributed by atoms with van der Waals surface area (Å²) >= 11 is 0. The van der Waals surface area contributed by atoms with E-state index in [0.29, 0.717) is 25.1 Å². The Morgan fingerprint density at radius 1 is 1.25 bits per heavy atom. The molecule has 0 aromatic heterocycles. The maximum absolute atomic E-state index is 13.1. The first-order chi connectivity index (χ1) is 7.54. The van der Waals surface area contributed by atoms with Crippen molar-refractivity contribution in [2.75, 3.05) is 11.9 Å². The van der Waals surface area contributed by atoms with Crippen molar-refractivity contribution in [1.29, 1.82) is 0 Å². The lowest BCUT2D eigenvalue weighted by Crippen LogP contribution is -2.30. The Kier molecular flexibility index (Phi) is 4.16. The van der Waals surface area contributed by atoms with Crippen LogP contribution in [0.2, 0.25) is 0 Å². The molecule has 3 nitrogen and oxygen atoms in total. The van der Waals surface area contributed by atoms with Gasteiger partial charge in [-0.25, -0.2) is 18.0 Å². The molecule has 1 aromatic rings. The number of hydrogen-bond donors (Lipinski definition) is 2. The predicted molar refractivity (Wildman–Crippen MR) is 53.6 cm³/mol. The maximum atomic E-state index is 13.1. The van der Waals surface area contributed by atoms with Crippen molar-refractivity contribution in [2.45, 2.75) is 13.3 Å². The lowest BCUT2D eigenvalue weighted by atomic mass is 10.3. The van der Waals surface area contributed by atoms with Crippen LogP contribution in [0, 0.1) is 17.5 Å². The maximum Gasteiger partial charge on any atom is 0.319 e. The molecule has 0 bridgehead atoms. The standard InChI is InChI=1S/C10H11F3N2O/c1-2-3-14-10(16)15-9-7(12)4-6(11)5-8(9)13/h4-5H,2-3H2,1H3,(H2,14,15,16). The number of nitrogens with one attached hydrogen (secondary N) is 2. The van der Waals surface area contributed by atoms with E-state index in [1.54, 1.807) is 0 Å². The average Bonchev–Trinajstić information content (AvgIpc) is 2.20. The number of anilines is 1. The third kappa shape index (κ3) is 3.15. The molecule has 0 aliphatic rings. The zero-order chi connectivity index (χ0) is 12.1. The van der Waals surface area contributed by atoms with Crippen LogP contribution < -0.4 is 10.6 Å². The van der Waals surface area contributed by atoms with Crippen molar-refractivity contribution in [3.05, 3.63) is 29.6 Å². The van der Waals surface area contributed by atoms with Crippen molar-refractivity contribution in [3.8, 4) is 0 Å². The monoisotopic (exact) mass is 232 g/mol. The van der Waals surface area contributed by atoms with Gasteiger partial charge in [-0.3, -0.25) is 0 Å². The first-order valence-corrected chi connectivity index (χ1v) is 4.74. The van der Waals surface area contributed by atoms with Gasteiger partial charge < -0.3 is 10.6 Å². The molecule has 0 saturated carbocycles. The van der Waals surface area contributed by atoms with E-state index in [0.717, 1.165) is 0 Å². The van der Waals surface area contributed by atoms with E-state index in [-0.39, 0.29) is 0 Å². The predicted octanol–water partition coefficient (Wildman–Crippen LogP) is 2.64. The Morgan fingerprint density at radius 2 is 1.81 bits per heavy atom. The lowest BCUT2D eigenvalue weighted by Gasteiger charge is -2.08. The quantitative estimate of drug-likeness (QED) is 0.826. The van der Waals surface area contributed by atoms with Crippen LogP contribution >= 0.6 is 0 Å². The van der Waals surface area contributed by atoms with Gasteiger partial charge in [0.05, 0.1) is 0 Å². The number of benzene rings is 1. The Hall–Kier alpha value is -1.72. The fraction of sp³-hybridized carbons (Fsp3) is 0.300. The summed E-state index contributed by atoms with van der Waals surface area (Å²) < 4.78 is 38.7. The number of halogens is 3. The Labute approximate surface area is 90.6 Å². The van der Waals surface area contributed by atoms with Gasteiger partial charge >= 0.3 is 6.03 Å². The average molecular weight is 232 g/mol. The summed E-state index contributed by atoms with van der Waals surface area (Å²) in [7, 11) is 0. The van der Waals surface area contributed by atoms with Crippen LogP contribution in [-0.4, -0.2) is 12.6 Å². The topological polar surface area (TPSA) is 41.1 Å². The summed E-state index contributed by atoms with van der Waals surface area (Å²) in [5.41, 5.74) is -0.657.